The van der Waals surface area contributed by atoms with Gasteiger partial charge in [0.05, 0.1) is 11.5 Å². The zero-order valence-electron chi connectivity index (χ0n) is 14.4. The summed E-state index contributed by atoms with van der Waals surface area (Å²) in [5.41, 5.74) is -0.215. The Bertz CT molecular complexity index is 800. The van der Waals surface area contributed by atoms with E-state index in [1.165, 1.54) is 30.6 Å². The molecular formula is C19H20FNO4S. The Morgan fingerprint density at radius 1 is 1.27 bits per heavy atom. The fraction of sp³-hybridized carbons (Fsp3) is 0.368. The molecule has 1 N–H and O–H groups in total. The third-order valence-electron chi connectivity index (χ3n) is 4.68. The van der Waals surface area contributed by atoms with E-state index in [4.69, 9.17) is 4.74 Å². The van der Waals surface area contributed by atoms with Crippen LogP contribution in [0.2, 0.25) is 0 Å². The van der Waals surface area contributed by atoms with Crippen LogP contribution in [0.4, 0.5) is 4.39 Å². The van der Waals surface area contributed by atoms with E-state index >= 15 is 0 Å². The van der Waals surface area contributed by atoms with E-state index in [0.29, 0.717) is 24.3 Å². The minimum Gasteiger partial charge on any atom is -0.481 e. The zero-order chi connectivity index (χ0) is 18.7. The van der Waals surface area contributed by atoms with Crippen molar-refractivity contribution in [3.05, 3.63) is 47.1 Å². The number of carboxylic acid groups (broad SMARTS) is 1. The maximum absolute atomic E-state index is 13.1. The van der Waals surface area contributed by atoms with Crippen LogP contribution in [0.25, 0.3) is 10.4 Å². The Morgan fingerprint density at radius 3 is 2.65 bits per heavy atom. The summed E-state index contributed by atoms with van der Waals surface area (Å²) in [4.78, 5) is 27.6. The van der Waals surface area contributed by atoms with Gasteiger partial charge in [0, 0.05) is 25.1 Å². The summed E-state index contributed by atoms with van der Waals surface area (Å²) in [6, 6.07) is 9.67. The second kappa shape index (κ2) is 7.55. The highest BCUT2D eigenvalue weighted by atomic mass is 32.1. The molecule has 138 valence electrons. The summed E-state index contributed by atoms with van der Waals surface area (Å²) < 4.78 is 18.2. The number of hydrogen-bond acceptors (Lipinski definition) is 4. The highest BCUT2D eigenvalue weighted by molar-refractivity contribution is 7.17. The van der Waals surface area contributed by atoms with Crippen molar-refractivity contribution in [2.45, 2.75) is 12.8 Å². The summed E-state index contributed by atoms with van der Waals surface area (Å²) in [6.45, 7) is 0.748. The third kappa shape index (κ3) is 3.64. The van der Waals surface area contributed by atoms with Crippen LogP contribution in [-0.2, 0) is 9.53 Å². The number of carboxylic acids is 1. The monoisotopic (exact) mass is 377 g/mol. The van der Waals surface area contributed by atoms with Crippen LogP contribution >= 0.6 is 11.3 Å². The normalized spacial score (nSPS) is 20.2. The van der Waals surface area contributed by atoms with E-state index in [0.717, 1.165) is 10.4 Å². The highest BCUT2D eigenvalue weighted by Gasteiger charge is 2.44. The van der Waals surface area contributed by atoms with Gasteiger partial charge in [-0.15, -0.1) is 11.3 Å². The molecule has 0 radical (unpaired) electrons. The summed E-state index contributed by atoms with van der Waals surface area (Å²) in [5, 5.41) is 9.62. The van der Waals surface area contributed by atoms with Crippen molar-refractivity contribution in [3.8, 4) is 10.4 Å². The third-order valence-corrected chi connectivity index (χ3v) is 5.81. The number of benzene rings is 1. The number of rotatable bonds is 5. The molecule has 5 nitrogen and oxygen atoms in total. The number of likely N-dealkylation sites (tertiary alicyclic amines) is 1. The number of nitrogens with zero attached hydrogens (tertiary/aromatic N) is 1. The predicted octanol–water partition coefficient (Wildman–Crippen LogP) is 3.51. The Kier molecular flexibility index (Phi) is 5.38. The number of thiophene rings is 1. The number of hydrogen-bond donors (Lipinski definition) is 1. The van der Waals surface area contributed by atoms with E-state index in [9.17, 15) is 19.1 Å². The van der Waals surface area contributed by atoms with Crippen LogP contribution in [0.15, 0.2) is 36.4 Å². The summed E-state index contributed by atoms with van der Waals surface area (Å²) in [5.74, 6) is -1.42. The largest absolute Gasteiger partial charge is 0.481 e. The smallest absolute Gasteiger partial charge is 0.313 e. The van der Waals surface area contributed by atoms with E-state index in [1.807, 2.05) is 6.07 Å². The Hall–Kier alpha value is -2.25. The van der Waals surface area contributed by atoms with Crippen molar-refractivity contribution < 1.29 is 23.8 Å². The molecule has 0 bridgehead atoms. The van der Waals surface area contributed by atoms with Gasteiger partial charge in [0.1, 0.15) is 11.2 Å². The number of carbonyl (C=O) groups excluding carboxylic acids is 1. The molecule has 1 fully saturated rings. The maximum atomic E-state index is 13.1. The molecule has 1 aromatic heterocycles. The Balaban J connectivity index is 1.79. The van der Waals surface area contributed by atoms with Crippen molar-refractivity contribution in [2.24, 2.45) is 5.41 Å². The molecule has 1 aromatic carbocycles. The zero-order valence-corrected chi connectivity index (χ0v) is 15.2. The van der Waals surface area contributed by atoms with Crippen LogP contribution in [0.5, 0.6) is 0 Å². The average molecular weight is 377 g/mol. The van der Waals surface area contributed by atoms with Gasteiger partial charge in [-0.05, 0) is 42.7 Å². The van der Waals surface area contributed by atoms with E-state index in [1.54, 1.807) is 23.1 Å². The van der Waals surface area contributed by atoms with Crippen molar-refractivity contribution in [1.29, 1.82) is 0 Å². The Morgan fingerprint density at radius 2 is 2.00 bits per heavy atom. The fourth-order valence-corrected chi connectivity index (χ4v) is 4.29. The number of carbonyl (C=O) groups is 2. The molecule has 1 atom stereocenters. The molecule has 1 aliphatic rings. The predicted molar refractivity (Wildman–Crippen MR) is 96.8 cm³/mol. The van der Waals surface area contributed by atoms with Gasteiger partial charge in [-0.2, -0.15) is 0 Å². The van der Waals surface area contributed by atoms with Crippen LogP contribution in [0, 0.1) is 11.2 Å². The topological polar surface area (TPSA) is 66.8 Å². The standard InChI is InChI=1S/C19H20FNO4S/c1-25-12-19(18(23)24)9-2-10-21(11-19)17(22)16-8-7-15(26-16)13-3-5-14(20)6-4-13/h3-8H,2,9-12H2,1H3,(H,23,24). The van der Waals surface area contributed by atoms with Gasteiger partial charge >= 0.3 is 5.97 Å². The first kappa shape index (κ1) is 18.5. The number of aliphatic carboxylic acids is 1. The molecule has 7 heteroatoms. The molecule has 0 saturated carbocycles. The van der Waals surface area contributed by atoms with Crippen molar-refractivity contribution in [3.63, 3.8) is 0 Å². The van der Waals surface area contributed by atoms with Gasteiger partial charge in [0.15, 0.2) is 0 Å². The van der Waals surface area contributed by atoms with Gasteiger partial charge in [-0.1, -0.05) is 12.1 Å². The first-order valence-electron chi connectivity index (χ1n) is 8.32. The van der Waals surface area contributed by atoms with Crippen molar-refractivity contribution >= 4 is 23.2 Å². The second-order valence-corrected chi connectivity index (χ2v) is 7.60. The SMILES string of the molecule is COCC1(C(=O)O)CCCN(C(=O)c2ccc(-c3ccc(F)cc3)s2)C1. The molecule has 2 heterocycles. The number of piperidine rings is 1. The number of amides is 1. The molecule has 26 heavy (non-hydrogen) atoms. The summed E-state index contributed by atoms with van der Waals surface area (Å²) in [7, 11) is 1.47. The molecule has 0 spiro atoms. The van der Waals surface area contributed by atoms with Crippen LogP contribution < -0.4 is 0 Å². The minimum absolute atomic E-state index is 0.0807. The van der Waals surface area contributed by atoms with Gasteiger partial charge in [0.25, 0.3) is 5.91 Å². The van der Waals surface area contributed by atoms with E-state index in [2.05, 4.69) is 0 Å². The van der Waals surface area contributed by atoms with E-state index < -0.39 is 11.4 Å². The quantitative estimate of drug-likeness (QED) is 0.866. The molecule has 1 unspecified atom stereocenters. The van der Waals surface area contributed by atoms with Gasteiger partial charge < -0.3 is 14.7 Å². The van der Waals surface area contributed by atoms with Gasteiger partial charge in [0.2, 0.25) is 0 Å². The lowest BCUT2D eigenvalue weighted by Crippen LogP contribution is -2.52. The van der Waals surface area contributed by atoms with Gasteiger partial charge in [-0.3, -0.25) is 9.59 Å². The lowest BCUT2D eigenvalue weighted by Gasteiger charge is -2.39. The molecule has 0 aliphatic carbocycles. The number of ether oxygens (including phenoxy) is 1. The van der Waals surface area contributed by atoms with Crippen LogP contribution in [-0.4, -0.2) is 48.7 Å². The first-order valence-corrected chi connectivity index (χ1v) is 9.14. The summed E-state index contributed by atoms with van der Waals surface area (Å²) >= 11 is 1.32. The molecule has 1 saturated heterocycles. The van der Waals surface area contributed by atoms with Crippen LogP contribution in [0.3, 0.4) is 0 Å². The van der Waals surface area contributed by atoms with Crippen LogP contribution in [0.1, 0.15) is 22.5 Å². The Labute approximate surface area is 155 Å². The summed E-state index contributed by atoms with van der Waals surface area (Å²) in [6.07, 6.45) is 1.11. The first-order chi connectivity index (χ1) is 12.4. The number of methoxy groups -OCH3 is 1. The average Bonchev–Trinajstić information content (AvgIpc) is 3.12. The molecule has 1 aliphatic heterocycles. The number of halogens is 1. The molecular weight excluding hydrogens is 357 g/mol. The van der Waals surface area contributed by atoms with Gasteiger partial charge in [-0.25, -0.2) is 4.39 Å². The van der Waals surface area contributed by atoms with Crippen molar-refractivity contribution in [2.75, 3.05) is 26.8 Å². The second-order valence-electron chi connectivity index (χ2n) is 6.52. The molecule has 2 aromatic rings. The molecule has 3 rings (SSSR count). The van der Waals surface area contributed by atoms with Crippen molar-refractivity contribution in [1.82, 2.24) is 4.90 Å². The lowest BCUT2D eigenvalue weighted by molar-refractivity contribution is -0.155. The molecule has 1 amide bonds. The van der Waals surface area contributed by atoms with E-state index in [-0.39, 0.29) is 24.9 Å². The highest BCUT2D eigenvalue weighted by Crippen LogP contribution is 2.34. The minimum atomic E-state index is -1.06. The lowest BCUT2D eigenvalue weighted by atomic mass is 9.80. The maximum Gasteiger partial charge on any atom is 0.313 e. The fourth-order valence-electron chi connectivity index (χ4n) is 3.31.